The Morgan fingerprint density at radius 2 is 1.60 bits per heavy atom. The second kappa shape index (κ2) is 9.16. The van der Waals surface area contributed by atoms with Crippen LogP contribution in [0.4, 0.5) is 0 Å². The summed E-state index contributed by atoms with van der Waals surface area (Å²) in [6.45, 7) is 11.5. The van der Waals surface area contributed by atoms with Crippen LogP contribution in [0.2, 0.25) is 0 Å². The first-order valence-electron chi connectivity index (χ1n) is 5.95. The van der Waals surface area contributed by atoms with E-state index in [2.05, 4.69) is 6.92 Å². The van der Waals surface area contributed by atoms with Crippen LogP contribution in [0.15, 0.2) is 0 Å². The van der Waals surface area contributed by atoms with Crippen LogP contribution in [0, 0.1) is 5.92 Å². The lowest BCUT2D eigenvalue weighted by atomic mass is 10.0. The van der Waals surface area contributed by atoms with Crippen LogP contribution in [-0.2, 0) is 10.0 Å². The van der Waals surface area contributed by atoms with Gasteiger partial charge in [-0.15, -0.1) is 0 Å². The quantitative estimate of drug-likeness (QED) is 0.703. The van der Waals surface area contributed by atoms with E-state index >= 15 is 0 Å². The molecule has 1 atom stereocenters. The lowest BCUT2D eigenvalue weighted by Crippen LogP contribution is -2.38. The fraction of sp³-hybridized carbons (Fsp3) is 1.00. The molecule has 1 saturated heterocycles. The van der Waals surface area contributed by atoms with Crippen LogP contribution < -0.4 is 0 Å². The third-order valence-corrected chi connectivity index (χ3v) is 3.36. The molecule has 15 heavy (non-hydrogen) atoms. The van der Waals surface area contributed by atoms with Gasteiger partial charge in [0.2, 0.25) is 10.0 Å². The Balaban J connectivity index is 0. The molecule has 0 aromatic carbocycles. The molecular formula is C11H27NO2S. The first-order valence-corrected chi connectivity index (χ1v) is 7.80. The van der Waals surface area contributed by atoms with Gasteiger partial charge in [-0.05, 0) is 18.8 Å². The van der Waals surface area contributed by atoms with Crippen molar-refractivity contribution in [3.63, 3.8) is 0 Å². The zero-order valence-electron chi connectivity index (χ0n) is 11.1. The molecule has 1 aliphatic rings. The summed E-state index contributed by atoms with van der Waals surface area (Å²) >= 11 is 0. The van der Waals surface area contributed by atoms with Gasteiger partial charge >= 0.3 is 0 Å². The number of hydrogen-bond acceptors (Lipinski definition) is 2. The van der Waals surface area contributed by atoms with Crippen molar-refractivity contribution in [1.82, 2.24) is 4.31 Å². The van der Waals surface area contributed by atoms with Crippen LogP contribution in [0.5, 0.6) is 0 Å². The molecule has 0 bridgehead atoms. The summed E-state index contributed by atoms with van der Waals surface area (Å²) in [5.74, 6) is 0.526. The third kappa shape index (κ3) is 7.79. The highest BCUT2D eigenvalue weighted by molar-refractivity contribution is 7.88. The van der Waals surface area contributed by atoms with Gasteiger partial charge in [0.25, 0.3) is 0 Å². The molecule has 1 heterocycles. The minimum absolute atomic E-state index is 0.526. The average molecular weight is 237 g/mol. The van der Waals surface area contributed by atoms with Crippen LogP contribution in [0.1, 0.15) is 47.5 Å². The van der Waals surface area contributed by atoms with Gasteiger partial charge in [-0.2, -0.15) is 0 Å². The number of rotatable bonds is 1. The van der Waals surface area contributed by atoms with E-state index in [9.17, 15) is 8.42 Å². The maximum Gasteiger partial charge on any atom is 0.211 e. The number of hydrogen-bond donors (Lipinski definition) is 0. The van der Waals surface area contributed by atoms with Crippen molar-refractivity contribution in [2.24, 2.45) is 5.92 Å². The molecule has 0 spiro atoms. The van der Waals surface area contributed by atoms with E-state index in [4.69, 9.17) is 0 Å². The number of sulfonamides is 1. The van der Waals surface area contributed by atoms with Gasteiger partial charge in [0, 0.05) is 13.1 Å². The Kier molecular flexibility index (Phi) is 10.6. The molecule has 1 rings (SSSR count). The van der Waals surface area contributed by atoms with Gasteiger partial charge in [-0.3, -0.25) is 0 Å². The zero-order valence-corrected chi connectivity index (χ0v) is 11.9. The van der Waals surface area contributed by atoms with E-state index in [0.29, 0.717) is 19.0 Å². The van der Waals surface area contributed by atoms with Crippen molar-refractivity contribution in [1.29, 1.82) is 0 Å². The van der Waals surface area contributed by atoms with Crippen molar-refractivity contribution in [3.8, 4) is 0 Å². The number of piperidine rings is 1. The summed E-state index contributed by atoms with van der Waals surface area (Å²) in [5, 5.41) is 0. The summed E-state index contributed by atoms with van der Waals surface area (Å²) in [7, 11) is -2.93. The van der Waals surface area contributed by atoms with Gasteiger partial charge < -0.3 is 0 Å². The highest BCUT2D eigenvalue weighted by Gasteiger charge is 2.22. The minimum atomic E-state index is -2.93. The lowest BCUT2D eigenvalue weighted by molar-refractivity contribution is 0.283. The second-order valence-corrected chi connectivity index (χ2v) is 5.35. The van der Waals surface area contributed by atoms with Crippen molar-refractivity contribution >= 4 is 10.0 Å². The van der Waals surface area contributed by atoms with Crippen LogP contribution in [0.3, 0.4) is 0 Å². The normalized spacial score (nSPS) is 21.9. The first kappa shape index (κ1) is 17.3. The van der Waals surface area contributed by atoms with Crippen LogP contribution >= 0.6 is 0 Å². The molecule has 1 aliphatic heterocycles. The topological polar surface area (TPSA) is 37.4 Å². The van der Waals surface area contributed by atoms with E-state index in [-0.39, 0.29) is 0 Å². The Labute approximate surface area is 95.9 Å². The summed E-state index contributed by atoms with van der Waals surface area (Å²) in [6, 6.07) is 0. The fourth-order valence-electron chi connectivity index (χ4n) is 1.45. The highest BCUT2D eigenvalue weighted by atomic mass is 32.2. The van der Waals surface area contributed by atoms with E-state index in [1.807, 2.05) is 27.7 Å². The van der Waals surface area contributed by atoms with Crippen molar-refractivity contribution in [2.75, 3.05) is 19.3 Å². The van der Waals surface area contributed by atoms with E-state index in [1.165, 1.54) is 6.26 Å². The Bertz CT molecular complexity index is 225. The standard InChI is InChI=1S/C7H15NO2S.2C2H6/c1-7-4-3-5-8(6-7)11(2,9)10;2*1-2/h7H,3-6H2,1-2H3;2*1-2H3. The molecule has 0 aromatic heterocycles. The zero-order chi connectivity index (χ0) is 12.5. The van der Waals surface area contributed by atoms with E-state index in [1.54, 1.807) is 4.31 Å². The Hall–Kier alpha value is -0.0900. The molecule has 4 heteroatoms. The monoisotopic (exact) mass is 237 g/mol. The van der Waals surface area contributed by atoms with Crippen molar-refractivity contribution in [3.05, 3.63) is 0 Å². The predicted octanol–water partition coefficient (Wildman–Crippen LogP) is 2.73. The third-order valence-electron chi connectivity index (χ3n) is 2.09. The summed E-state index contributed by atoms with van der Waals surface area (Å²) in [4.78, 5) is 0. The summed E-state index contributed by atoms with van der Waals surface area (Å²) in [6.07, 6.45) is 3.45. The SMILES string of the molecule is CC.CC.CC1CCCN(S(C)(=O)=O)C1. The smallest absolute Gasteiger partial charge is 0.211 e. The minimum Gasteiger partial charge on any atom is -0.213 e. The van der Waals surface area contributed by atoms with Gasteiger partial charge in [0.1, 0.15) is 0 Å². The molecule has 0 N–H and O–H groups in total. The molecular weight excluding hydrogens is 210 g/mol. The maximum atomic E-state index is 11.1. The lowest BCUT2D eigenvalue weighted by Gasteiger charge is -2.28. The summed E-state index contributed by atoms with van der Waals surface area (Å²) < 4.78 is 23.7. The van der Waals surface area contributed by atoms with E-state index < -0.39 is 10.0 Å². The highest BCUT2D eigenvalue weighted by Crippen LogP contribution is 2.17. The van der Waals surface area contributed by atoms with Crippen LogP contribution in [0.25, 0.3) is 0 Å². The molecule has 3 nitrogen and oxygen atoms in total. The predicted molar refractivity (Wildman–Crippen MR) is 67.5 cm³/mol. The van der Waals surface area contributed by atoms with Crippen molar-refractivity contribution < 1.29 is 8.42 Å². The maximum absolute atomic E-state index is 11.1. The Morgan fingerprint density at radius 3 is 1.87 bits per heavy atom. The van der Waals surface area contributed by atoms with Gasteiger partial charge in [-0.1, -0.05) is 34.6 Å². The largest absolute Gasteiger partial charge is 0.213 e. The summed E-state index contributed by atoms with van der Waals surface area (Å²) in [5.41, 5.74) is 0. The van der Waals surface area contributed by atoms with Crippen LogP contribution in [-0.4, -0.2) is 32.1 Å². The molecule has 0 radical (unpaired) electrons. The first-order chi connectivity index (χ1) is 7.00. The number of nitrogens with zero attached hydrogens (tertiary/aromatic N) is 1. The molecule has 1 unspecified atom stereocenters. The second-order valence-electron chi connectivity index (χ2n) is 3.37. The van der Waals surface area contributed by atoms with Gasteiger partial charge in [-0.25, -0.2) is 12.7 Å². The molecule has 0 aliphatic carbocycles. The van der Waals surface area contributed by atoms with Gasteiger partial charge in [0.05, 0.1) is 6.26 Å². The Morgan fingerprint density at radius 1 is 1.13 bits per heavy atom. The molecule has 94 valence electrons. The molecule has 0 saturated carbocycles. The average Bonchev–Trinajstić information content (AvgIpc) is 2.23. The molecule has 0 aromatic rings. The molecule has 1 fully saturated rings. The molecule has 0 amide bonds. The van der Waals surface area contributed by atoms with Gasteiger partial charge in [0.15, 0.2) is 0 Å². The van der Waals surface area contributed by atoms with E-state index in [0.717, 1.165) is 12.8 Å². The fourth-order valence-corrected chi connectivity index (χ4v) is 2.43. The van der Waals surface area contributed by atoms with Crippen molar-refractivity contribution in [2.45, 2.75) is 47.5 Å².